The van der Waals surface area contributed by atoms with Gasteiger partial charge in [-0.2, -0.15) is 15.0 Å². The van der Waals surface area contributed by atoms with Crippen LogP contribution in [0.5, 0.6) is 5.75 Å². The third-order valence-corrected chi connectivity index (χ3v) is 13.9. The quantitative estimate of drug-likeness (QED) is 0.0259. The number of aromatic nitrogens is 9. The zero-order chi connectivity index (χ0) is 54.2. The van der Waals surface area contributed by atoms with Gasteiger partial charge in [-0.05, 0) is 100 Å². The fourth-order valence-corrected chi connectivity index (χ4v) is 9.70. The van der Waals surface area contributed by atoms with Gasteiger partial charge in [-0.3, -0.25) is 19.4 Å². The molecule has 6 heterocycles. The highest BCUT2D eigenvalue weighted by molar-refractivity contribution is 6.08. The van der Waals surface area contributed by atoms with Crippen molar-refractivity contribution in [1.82, 2.24) is 54.7 Å². The second-order valence-electron chi connectivity index (χ2n) is 19.3. The highest BCUT2D eigenvalue weighted by Crippen LogP contribution is 2.42. The van der Waals surface area contributed by atoms with Crippen LogP contribution in [0.2, 0.25) is 0 Å². The fraction of sp³-hybridized carbons (Fsp3) is 0.423. The number of hydrogen-bond acceptors (Lipinski definition) is 18. The van der Waals surface area contributed by atoms with Crippen LogP contribution >= 0.6 is 0 Å². The Kier molecular flexibility index (Phi) is 16.5. The first-order valence-electron chi connectivity index (χ1n) is 26.0. The number of piperazine rings is 2. The number of hydrogen-bond donors (Lipinski definition) is 6. The number of nitrogens with two attached hydrogens (primary N) is 3. The van der Waals surface area contributed by atoms with E-state index in [4.69, 9.17) is 36.6 Å². The van der Waals surface area contributed by atoms with Crippen LogP contribution in [-0.4, -0.2) is 154 Å². The Morgan fingerprint density at radius 3 is 2.08 bits per heavy atom. The summed E-state index contributed by atoms with van der Waals surface area (Å²) in [6.07, 6.45) is 9.81. The molecule has 77 heavy (non-hydrogen) atoms. The molecule has 2 aromatic carbocycles. The number of fused-ring (bicyclic) bond motifs is 2. The number of carbonyl (C=O) groups excluding carboxylic acids is 2. The molecule has 3 aliphatic heterocycles. The fourth-order valence-electron chi connectivity index (χ4n) is 9.70. The van der Waals surface area contributed by atoms with Crippen LogP contribution in [0.25, 0.3) is 33.4 Å². The molecule has 25 nitrogen and oxygen atoms in total. The molecule has 0 bridgehead atoms. The second-order valence-corrected chi connectivity index (χ2v) is 19.3. The van der Waals surface area contributed by atoms with Gasteiger partial charge in [0.05, 0.1) is 17.0 Å². The molecule has 5 aromatic rings. The van der Waals surface area contributed by atoms with Crippen molar-refractivity contribution < 1.29 is 29.0 Å². The summed E-state index contributed by atoms with van der Waals surface area (Å²) in [5.41, 5.74) is 19.9. The van der Waals surface area contributed by atoms with Crippen molar-refractivity contribution in [3.63, 3.8) is 0 Å². The number of aromatic hydroxyl groups is 1. The number of phenols is 1. The predicted octanol–water partition coefficient (Wildman–Crippen LogP) is 3.56. The zero-order valence-electron chi connectivity index (χ0n) is 43.2. The summed E-state index contributed by atoms with van der Waals surface area (Å²) in [6.45, 7) is 7.95. The van der Waals surface area contributed by atoms with Gasteiger partial charge in [0.2, 0.25) is 29.7 Å². The van der Waals surface area contributed by atoms with Gasteiger partial charge in [-0.15, -0.1) is 10.2 Å². The summed E-state index contributed by atoms with van der Waals surface area (Å²) in [6, 6.07) is 12.6. The lowest BCUT2D eigenvalue weighted by Crippen LogP contribution is -2.52. The van der Waals surface area contributed by atoms with Crippen molar-refractivity contribution in [3.05, 3.63) is 94.2 Å². The molecule has 1 aliphatic carbocycles. The molecular formula is C52H64N18O7. The van der Waals surface area contributed by atoms with E-state index in [-0.39, 0.29) is 51.8 Å². The van der Waals surface area contributed by atoms with Crippen LogP contribution in [0.3, 0.4) is 0 Å². The summed E-state index contributed by atoms with van der Waals surface area (Å²) in [7, 11) is 0. The minimum Gasteiger partial charge on any atom is -0.508 e. The normalized spacial score (nSPS) is 14.7. The van der Waals surface area contributed by atoms with E-state index in [0.29, 0.717) is 124 Å². The number of aromatic carboxylic acids is 1. The van der Waals surface area contributed by atoms with Crippen LogP contribution < -0.4 is 37.7 Å². The third-order valence-electron chi connectivity index (χ3n) is 13.9. The standard InChI is InChI=1S/C52H64N18O7/c1-3-4-8-34-31-70(64-62-34)42(10-5-6-17-53)47(74)66-21-25-68(26-22-66)52-59-50(58-51(60-52)67-23-19-65(20-24-67)46(73)32(2)69-30-35(61-63-69)9-7-18-56-49(54)55)57-33-11-14-38(41(27-33)48(75)76)45-39-15-12-36(71)28-43(39)77-44-29-37(72)13-16-40(44)45/h11-16,27-32,42,71H,3-10,17-26,53H2,1-2H3,(H,75,76)(H4,54,55,56)(H,57,58,59,60)/t32-,42-/m0/s1. The van der Waals surface area contributed by atoms with Gasteiger partial charge < -0.3 is 56.7 Å². The summed E-state index contributed by atoms with van der Waals surface area (Å²) >= 11 is 0. The van der Waals surface area contributed by atoms with Gasteiger partial charge in [0.25, 0.3) is 0 Å². The van der Waals surface area contributed by atoms with E-state index in [1.165, 1.54) is 30.3 Å². The number of rotatable bonds is 21. The van der Waals surface area contributed by atoms with E-state index >= 15 is 0 Å². The Morgan fingerprint density at radius 2 is 1.42 bits per heavy atom. The molecule has 25 heteroatoms. The Morgan fingerprint density at radius 1 is 0.766 bits per heavy atom. The largest absolute Gasteiger partial charge is 0.508 e. The molecule has 4 aliphatic rings. The van der Waals surface area contributed by atoms with Crippen molar-refractivity contribution in [2.75, 3.05) is 80.6 Å². The highest BCUT2D eigenvalue weighted by atomic mass is 16.4. The maximum Gasteiger partial charge on any atom is 0.336 e. The number of aliphatic imine (C=N–C) groups is 1. The van der Waals surface area contributed by atoms with Gasteiger partial charge in [0.1, 0.15) is 29.2 Å². The Labute approximate surface area is 443 Å². The lowest BCUT2D eigenvalue weighted by molar-refractivity contribution is -0.136. The number of guanidine groups is 1. The number of carboxylic acids is 1. The van der Waals surface area contributed by atoms with E-state index < -0.39 is 18.1 Å². The predicted molar refractivity (Wildman–Crippen MR) is 288 cm³/mol. The average molecular weight is 1050 g/mol. The molecule has 2 atom stereocenters. The Hall–Kier alpha value is -8.74. The molecule has 3 aromatic heterocycles. The van der Waals surface area contributed by atoms with E-state index in [9.17, 15) is 29.4 Å². The lowest BCUT2D eigenvalue weighted by atomic mass is 9.90. The van der Waals surface area contributed by atoms with E-state index in [1.807, 2.05) is 20.9 Å². The van der Waals surface area contributed by atoms with Crippen LogP contribution in [0.1, 0.15) is 86.2 Å². The van der Waals surface area contributed by atoms with Crippen molar-refractivity contribution in [1.29, 1.82) is 0 Å². The van der Waals surface area contributed by atoms with E-state index in [0.717, 1.165) is 43.5 Å². The second kappa shape index (κ2) is 23.9. The van der Waals surface area contributed by atoms with Crippen LogP contribution in [-0.2, 0) is 22.4 Å². The third kappa shape index (κ3) is 12.4. The number of carbonyl (C=O) groups is 3. The number of amides is 2. The topological polar surface area (TPSA) is 337 Å². The first-order chi connectivity index (χ1) is 37.3. The maximum atomic E-state index is 14.3. The summed E-state index contributed by atoms with van der Waals surface area (Å²) < 4.78 is 9.28. The minimum absolute atomic E-state index is 0.0265. The highest BCUT2D eigenvalue weighted by Gasteiger charge is 2.33. The summed E-state index contributed by atoms with van der Waals surface area (Å²) in [4.78, 5) is 80.1. The number of phenolic OH excluding ortho intramolecular Hbond substituents is 1. The molecule has 9 rings (SSSR count). The molecule has 0 unspecified atom stereocenters. The molecular weight excluding hydrogens is 989 g/mol. The Bertz CT molecular complexity index is 3280. The van der Waals surface area contributed by atoms with Crippen LogP contribution in [0.4, 0.5) is 23.5 Å². The summed E-state index contributed by atoms with van der Waals surface area (Å²) in [5.74, 6) is -0.376. The van der Waals surface area contributed by atoms with Gasteiger partial charge in [-0.25, -0.2) is 14.2 Å². The molecule has 2 saturated heterocycles. The number of carboxylic acid groups (broad SMARTS) is 1. The number of anilines is 4. The lowest BCUT2D eigenvalue weighted by Gasteiger charge is -2.38. The molecule has 9 N–H and O–H groups in total. The van der Waals surface area contributed by atoms with Crippen molar-refractivity contribution in [3.8, 4) is 28.2 Å². The van der Waals surface area contributed by atoms with Gasteiger partial charge >= 0.3 is 5.97 Å². The number of nitrogens with one attached hydrogen (secondary N) is 1. The molecule has 0 spiro atoms. The van der Waals surface area contributed by atoms with E-state index in [1.54, 1.807) is 51.6 Å². The first-order valence-corrected chi connectivity index (χ1v) is 26.0. The van der Waals surface area contributed by atoms with Crippen LogP contribution in [0, 0.1) is 0 Å². The minimum atomic E-state index is -1.22. The number of aryl methyl sites for hydroxylation is 2. The molecule has 0 saturated carbocycles. The van der Waals surface area contributed by atoms with Crippen molar-refractivity contribution in [2.24, 2.45) is 22.2 Å². The average Bonchev–Trinajstić information content (AvgIpc) is 4.14. The number of unbranched alkanes of at least 4 members (excludes halogenated alkanes) is 2. The van der Waals surface area contributed by atoms with Gasteiger partial charge in [0.15, 0.2) is 11.4 Å². The number of benzene rings is 3. The molecule has 2 fully saturated rings. The van der Waals surface area contributed by atoms with Crippen molar-refractivity contribution in [2.45, 2.75) is 77.3 Å². The van der Waals surface area contributed by atoms with E-state index in [2.05, 4.69) is 37.9 Å². The number of nitrogens with zero attached hydrogens (tertiary/aromatic N) is 14. The van der Waals surface area contributed by atoms with Crippen LogP contribution in [0.15, 0.2) is 81.2 Å². The monoisotopic (exact) mass is 1050 g/mol. The zero-order valence-corrected chi connectivity index (χ0v) is 43.2. The van der Waals surface area contributed by atoms with Gasteiger partial charge in [0, 0.05) is 106 Å². The summed E-state index contributed by atoms with van der Waals surface area (Å²) in [5, 5.41) is 42.1. The maximum absolute atomic E-state index is 14.3. The smallest absolute Gasteiger partial charge is 0.336 e. The molecule has 2 amide bonds. The Balaban J connectivity index is 0.974. The SMILES string of the molecule is CCCCc1cn([C@@H](CCCCN)C(=O)N2CCN(c3nc(Nc4ccc(-c5c6ccc(=O)cc-6oc6cc(O)ccc56)c(C(=O)O)c4)nc(N4CCN(C(=O)[C@H](C)n5cc(CCCN=C(N)N)nn5)CC4)n3)CC2)nn1. The first kappa shape index (κ1) is 53.1. The van der Waals surface area contributed by atoms with Crippen molar-refractivity contribution >= 4 is 58.2 Å². The molecule has 404 valence electrons. The van der Waals surface area contributed by atoms with Gasteiger partial charge in [-0.1, -0.05) is 29.8 Å². The molecule has 0 radical (unpaired) electrons.